The second-order valence-electron chi connectivity index (χ2n) is 5.02. The molecular formula is C14H24N4O2. The molecule has 1 heterocycles. The standard InChI is InChI=1S/C14H24N4O2/c1-5-20-14(19)12-8-11(15)9-16-13(12)17-10(2)6-7-18(3)4/h8-10H,5-7,15H2,1-4H3,(H,16,17). The van der Waals surface area contributed by atoms with Gasteiger partial charge in [0.25, 0.3) is 0 Å². The maximum Gasteiger partial charge on any atom is 0.341 e. The van der Waals surface area contributed by atoms with Gasteiger partial charge in [-0.05, 0) is 47.0 Å². The predicted octanol–water partition coefficient (Wildman–Crippen LogP) is 1.59. The molecule has 0 radical (unpaired) electrons. The molecule has 1 rings (SSSR count). The van der Waals surface area contributed by atoms with Crippen LogP contribution in [-0.2, 0) is 4.74 Å². The number of rotatable bonds is 7. The number of esters is 1. The molecular weight excluding hydrogens is 256 g/mol. The van der Waals surface area contributed by atoms with Gasteiger partial charge in [0.1, 0.15) is 11.4 Å². The first-order valence-corrected chi connectivity index (χ1v) is 6.78. The summed E-state index contributed by atoms with van der Waals surface area (Å²) in [7, 11) is 4.05. The number of carbonyl (C=O) groups excluding carboxylic acids is 1. The van der Waals surface area contributed by atoms with Crippen LogP contribution in [0.25, 0.3) is 0 Å². The van der Waals surface area contributed by atoms with Gasteiger partial charge in [0, 0.05) is 6.04 Å². The monoisotopic (exact) mass is 280 g/mol. The van der Waals surface area contributed by atoms with Crippen molar-refractivity contribution in [2.24, 2.45) is 0 Å². The van der Waals surface area contributed by atoms with Crippen LogP contribution in [0, 0.1) is 0 Å². The first kappa shape index (κ1) is 16.2. The second kappa shape index (κ2) is 7.69. The molecule has 0 saturated carbocycles. The largest absolute Gasteiger partial charge is 0.462 e. The Hall–Kier alpha value is -1.82. The molecule has 3 N–H and O–H groups in total. The third kappa shape index (κ3) is 5.05. The van der Waals surface area contributed by atoms with Crippen molar-refractivity contribution in [1.29, 1.82) is 0 Å². The number of nitrogens with one attached hydrogen (secondary N) is 1. The maximum absolute atomic E-state index is 11.9. The molecule has 1 aromatic heterocycles. The Kier molecular flexibility index (Phi) is 6.24. The first-order valence-electron chi connectivity index (χ1n) is 6.78. The van der Waals surface area contributed by atoms with Crippen LogP contribution in [0.4, 0.5) is 11.5 Å². The van der Waals surface area contributed by atoms with E-state index in [1.807, 2.05) is 14.1 Å². The van der Waals surface area contributed by atoms with E-state index < -0.39 is 5.97 Å². The number of aromatic nitrogens is 1. The Bertz CT molecular complexity index is 449. The smallest absolute Gasteiger partial charge is 0.341 e. The van der Waals surface area contributed by atoms with Crippen molar-refractivity contribution in [2.45, 2.75) is 26.3 Å². The number of hydrogen-bond donors (Lipinski definition) is 2. The topological polar surface area (TPSA) is 80.5 Å². The van der Waals surface area contributed by atoms with E-state index in [0.29, 0.717) is 23.7 Å². The lowest BCUT2D eigenvalue weighted by atomic mass is 10.2. The highest BCUT2D eigenvalue weighted by Crippen LogP contribution is 2.18. The average molecular weight is 280 g/mol. The molecule has 112 valence electrons. The molecule has 1 aromatic rings. The highest BCUT2D eigenvalue weighted by atomic mass is 16.5. The minimum atomic E-state index is -0.408. The lowest BCUT2D eigenvalue weighted by Gasteiger charge is -2.18. The Morgan fingerprint density at radius 1 is 1.55 bits per heavy atom. The maximum atomic E-state index is 11.9. The van der Waals surface area contributed by atoms with E-state index in [0.717, 1.165) is 13.0 Å². The molecule has 6 heteroatoms. The number of anilines is 2. The molecule has 0 amide bonds. The van der Waals surface area contributed by atoms with Gasteiger partial charge in [-0.25, -0.2) is 9.78 Å². The fourth-order valence-electron chi connectivity index (χ4n) is 1.72. The van der Waals surface area contributed by atoms with E-state index in [-0.39, 0.29) is 6.04 Å². The fourth-order valence-corrected chi connectivity index (χ4v) is 1.72. The zero-order chi connectivity index (χ0) is 15.1. The van der Waals surface area contributed by atoms with Crippen molar-refractivity contribution >= 4 is 17.5 Å². The molecule has 1 atom stereocenters. The normalized spacial score (nSPS) is 12.2. The summed E-state index contributed by atoms with van der Waals surface area (Å²) in [5, 5.41) is 3.24. The van der Waals surface area contributed by atoms with Gasteiger partial charge >= 0.3 is 5.97 Å². The Balaban J connectivity index is 2.80. The van der Waals surface area contributed by atoms with Crippen LogP contribution >= 0.6 is 0 Å². The lowest BCUT2D eigenvalue weighted by Crippen LogP contribution is -2.24. The quantitative estimate of drug-likeness (QED) is 0.738. The van der Waals surface area contributed by atoms with E-state index in [2.05, 4.69) is 22.1 Å². The molecule has 0 bridgehead atoms. The van der Waals surface area contributed by atoms with Crippen molar-refractivity contribution in [2.75, 3.05) is 38.3 Å². The Labute approximate surface area is 120 Å². The van der Waals surface area contributed by atoms with Gasteiger partial charge < -0.3 is 20.7 Å². The molecule has 6 nitrogen and oxygen atoms in total. The molecule has 0 spiro atoms. The summed E-state index contributed by atoms with van der Waals surface area (Å²) < 4.78 is 5.02. The molecule has 0 aliphatic carbocycles. The van der Waals surface area contributed by atoms with Crippen molar-refractivity contribution in [3.05, 3.63) is 17.8 Å². The van der Waals surface area contributed by atoms with Gasteiger partial charge in [0.05, 0.1) is 18.5 Å². The minimum absolute atomic E-state index is 0.196. The third-order valence-corrected chi connectivity index (χ3v) is 2.80. The van der Waals surface area contributed by atoms with Gasteiger partial charge in [-0.1, -0.05) is 0 Å². The van der Waals surface area contributed by atoms with Gasteiger partial charge in [0.15, 0.2) is 0 Å². The number of nitrogens with zero attached hydrogens (tertiary/aromatic N) is 2. The van der Waals surface area contributed by atoms with Crippen LogP contribution in [0.3, 0.4) is 0 Å². The summed E-state index contributed by atoms with van der Waals surface area (Å²) in [5.74, 6) is 0.110. The van der Waals surface area contributed by atoms with Gasteiger partial charge in [-0.2, -0.15) is 0 Å². The van der Waals surface area contributed by atoms with Crippen molar-refractivity contribution in [1.82, 2.24) is 9.88 Å². The van der Waals surface area contributed by atoms with Crippen LogP contribution in [0.2, 0.25) is 0 Å². The Morgan fingerprint density at radius 2 is 2.25 bits per heavy atom. The number of nitrogens with two attached hydrogens (primary N) is 1. The van der Waals surface area contributed by atoms with Crippen LogP contribution < -0.4 is 11.1 Å². The van der Waals surface area contributed by atoms with Crippen LogP contribution in [0.1, 0.15) is 30.6 Å². The molecule has 0 aliphatic heterocycles. The van der Waals surface area contributed by atoms with Gasteiger partial charge in [0.2, 0.25) is 0 Å². The summed E-state index contributed by atoms with van der Waals surface area (Å²) >= 11 is 0. The Morgan fingerprint density at radius 3 is 2.85 bits per heavy atom. The molecule has 0 aromatic carbocycles. The van der Waals surface area contributed by atoms with E-state index in [4.69, 9.17) is 10.5 Å². The van der Waals surface area contributed by atoms with Crippen LogP contribution in [0.5, 0.6) is 0 Å². The zero-order valence-electron chi connectivity index (χ0n) is 12.6. The summed E-state index contributed by atoms with van der Waals surface area (Å²) in [6, 6.07) is 1.79. The zero-order valence-corrected chi connectivity index (χ0v) is 12.6. The summed E-state index contributed by atoms with van der Waals surface area (Å²) in [4.78, 5) is 18.2. The SMILES string of the molecule is CCOC(=O)c1cc(N)cnc1NC(C)CCN(C)C. The van der Waals surface area contributed by atoms with E-state index in [1.54, 1.807) is 13.0 Å². The van der Waals surface area contributed by atoms with Crippen LogP contribution in [0.15, 0.2) is 12.3 Å². The average Bonchev–Trinajstić information content (AvgIpc) is 2.38. The summed E-state index contributed by atoms with van der Waals surface area (Å²) in [6.45, 7) is 5.10. The summed E-state index contributed by atoms with van der Waals surface area (Å²) in [5.41, 5.74) is 6.51. The van der Waals surface area contributed by atoms with Crippen LogP contribution in [-0.4, -0.2) is 49.1 Å². The lowest BCUT2D eigenvalue weighted by molar-refractivity contribution is 0.0527. The van der Waals surface area contributed by atoms with E-state index >= 15 is 0 Å². The molecule has 0 fully saturated rings. The molecule has 0 aliphatic rings. The summed E-state index contributed by atoms with van der Waals surface area (Å²) in [6.07, 6.45) is 2.48. The second-order valence-corrected chi connectivity index (χ2v) is 5.02. The van der Waals surface area contributed by atoms with E-state index in [1.165, 1.54) is 6.20 Å². The number of ether oxygens (including phenoxy) is 1. The van der Waals surface area contributed by atoms with Gasteiger partial charge in [-0.3, -0.25) is 0 Å². The highest BCUT2D eigenvalue weighted by Gasteiger charge is 2.16. The molecule has 1 unspecified atom stereocenters. The highest BCUT2D eigenvalue weighted by molar-refractivity contribution is 5.95. The molecule has 20 heavy (non-hydrogen) atoms. The minimum Gasteiger partial charge on any atom is -0.462 e. The number of hydrogen-bond acceptors (Lipinski definition) is 6. The number of nitrogen functional groups attached to an aromatic ring is 1. The van der Waals surface area contributed by atoms with E-state index in [9.17, 15) is 4.79 Å². The molecule has 0 saturated heterocycles. The van der Waals surface area contributed by atoms with Crippen molar-refractivity contribution in [3.63, 3.8) is 0 Å². The number of pyridine rings is 1. The van der Waals surface area contributed by atoms with Gasteiger partial charge in [-0.15, -0.1) is 0 Å². The predicted molar refractivity (Wildman–Crippen MR) is 80.9 cm³/mol. The third-order valence-electron chi connectivity index (χ3n) is 2.80. The first-order chi connectivity index (χ1) is 9.43. The fraction of sp³-hybridized carbons (Fsp3) is 0.571. The van der Waals surface area contributed by atoms with Crippen molar-refractivity contribution in [3.8, 4) is 0 Å². The van der Waals surface area contributed by atoms with Crippen molar-refractivity contribution < 1.29 is 9.53 Å². The number of carbonyl (C=O) groups is 1.